The number of nitrogens with one attached hydrogen (secondary N) is 1. The average Bonchev–Trinajstić information content (AvgIpc) is 3.03. The van der Waals surface area contributed by atoms with E-state index in [1.807, 2.05) is 54.6 Å². The van der Waals surface area contributed by atoms with Crippen LogP contribution in [0.15, 0.2) is 60.7 Å². The lowest BCUT2D eigenvalue weighted by molar-refractivity contribution is 0.104. The number of H-pyrrole nitrogens is 1. The summed E-state index contributed by atoms with van der Waals surface area (Å²) in [7, 11) is 0. The number of ketones is 1. The van der Waals surface area contributed by atoms with Crippen LogP contribution in [0.2, 0.25) is 5.02 Å². The highest BCUT2D eigenvalue weighted by atomic mass is 127. The maximum atomic E-state index is 12.1. The molecule has 5 heteroatoms. The molecule has 0 bridgehead atoms. The van der Waals surface area contributed by atoms with Gasteiger partial charge in [-0.05, 0) is 65.1 Å². The first-order chi connectivity index (χ1) is 11.1. The number of hydrogen-bond acceptors (Lipinski definition) is 2. The molecule has 2 aromatic carbocycles. The van der Waals surface area contributed by atoms with Crippen molar-refractivity contribution in [2.45, 2.75) is 0 Å². The third-order valence-electron chi connectivity index (χ3n) is 3.28. The molecular formula is C18H12ClIN2O. The zero-order valence-corrected chi connectivity index (χ0v) is 14.9. The van der Waals surface area contributed by atoms with Gasteiger partial charge in [0.1, 0.15) is 0 Å². The van der Waals surface area contributed by atoms with Crippen LogP contribution in [-0.4, -0.2) is 16.0 Å². The number of nitrogens with zero attached hydrogens (tertiary/aromatic N) is 1. The first kappa shape index (κ1) is 16.0. The van der Waals surface area contributed by atoms with Crippen LogP contribution in [0.1, 0.15) is 16.1 Å². The van der Waals surface area contributed by atoms with E-state index in [4.69, 9.17) is 11.6 Å². The van der Waals surface area contributed by atoms with Gasteiger partial charge in [0.2, 0.25) is 0 Å². The molecule has 0 saturated carbocycles. The Labute approximate surface area is 152 Å². The van der Waals surface area contributed by atoms with Gasteiger partial charge in [0.05, 0.1) is 11.4 Å². The summed E-state index contributed by atoms with van der Waals surface area (Å²) < 4.78 is 1.10. The van der Waals surface area contributed by atoms with E-state index in [1.165, 1.54) is 0 Å². The van der Waals surface area contributed by atoms with Gasteiger partial charge in [-0.25, -0.2) is 0 Å². The van der Waals surface area contributed by atoms with E-state index in [2.05, 4.69) is 32.8 Å². The summed E-state index contributed by atoms with van der Waals surface area (Å²) in [6, 6.07) is 16.8. The van der Waals surface area contributed by atoms with Crippen molar-refractivity contribution in [3.63, 3.8) is 0 Å². The second-order valence-corrected chi connectivity index (χ2v) is 6.60. The van der Waals surface area contributed by atoms with Crippen LogP contribution in [0, 0.1) is 3.57 Å². The first-order valence-corrected chi connectivity index (χ1v) is 8.37. The van der Waals surface area contributed by atoms with Gasteiger partial charge in [-0.1, -0.05) is 35.9 Å². The molecule has 0 unspecified atom stereocenters. The number of hydrogen-bond donors (Lipinski definition) is 1. The number of allylic oxidation sites excluding steroid dienone is 1. The molecule has 3 nitrogen and oxygen atoms in total. The van der Waals surface area contributed by atoms with Crippen molar-refractivity contribution in [2.24, 2.45) is 0 Å². The summed E-state index contributed by atoms with van der Waals surface area (Å²) >= 11 is 8.09. The van der Waals surface area contributed by atoms with E-state index in [9.17, 15) is 4.79 Å². The number of aromatic nitrogens is 2. The van der Waals surface area contributed by atoms with Crippen LogP contribution in [0.25, 0.3) is 17.3 Å². The van der Waals surface area contributed by atoms with Gasteiger partial charge >= 0.3 is 0 Å². The second-order valence-electron chi connectivity index (χ2n) is 4.92. The van der Waals surface area contributed by atoms with E-state index in [-0.39, 0.29) is 5.78 Å². The standard InChI is InChI=1S/C18H12ClIN2O/c19-14-5-1-12(2-6-14)17-11-16(21-22-17)9-10-18(23)13-3-7-15(20)8-4-13/h1-11H,(H,21,22)/b10-9+. The van der Waals surface area contributed by atoms with E-state index < -0.39 is 0 Å². The Morgan fingerprint density at radius 3 is 2.48 bits per heavy atom. The van der Waals surface area contributed by atoms with Crippen molar-refractivity contribution in [3.05, 3.63) is 80.5 Å². The minimum Gasteiger partial charge on any atom is -0.289 e. The lowest BCUT2D eigenvalue weighted by atomic mass is 10.1. The molecule has 3 aromatic rings. The second kappa shape index (κ2) is 7.10. The van der Waals surface area contributed by atoms with Crippen LogP contribution in [0.5, 0.6) is 0 Å². The Kier molecular flexibility index (Phi) is 4.93. The van der Waals surface area contributed by atoms with Crippen LogP contribution in [-0.2, 0) is 0 Å². The minimum atomic E-state index is -0.0379. The van der Waals surface area contributed by atoms with Crippen molar-refractivity contribution in [1.29, 1.82) is 0 Å². The molecule has 0 spiro atoms. The van der Waals surface area contributed by atoms with E-state index in [1.54, 1.807) is 12.2 Å². The Hall–Kier alpha value is -1.92. The molecule has 1 N–H and O–H groups in total. The number of rotatable bonds is 4. The molecule has 114 valence electrons. The summed E-state index contributed by atoms with van der Waals surface area (Å²) in [5, 5.41) is 7.85. The van der Waals surface area contributed by atoms with Gasteiger partial charge in [0.25, 0.3) is 0 Å². The Balaban J connectivity index is 1.74. The summed E-state index contributed by atoms with van der Waals surface area (Å²) in [5.41, 5.74) is 3.21. The molecular weight excluding hydrogens is 423 g/mol. The first-order valence-electron chi connectivity index (χ1n) is 6.91. The molecule has 1 heterocycles. The Bertz CT molecular complexity index is 851. The highest BCUT2D eigenvalue weighted by Gasteiger charge is 2.04. The lowest BCUT2D eigenvalue weighted by Gasteiger charge is -1.95. The molecule has 0 aliphatic rings. The van der Waals surface area contributed by atoms with Crippen molar-refractivity contribution in [2.75, 3.05) is 0 Å². The van der Waals surface area contributed by atoms with Crippen LogP contribution >= 0.6 is 34.2 Å². The molecule has 3 rings (SSSR count). The van der Waals surface area contributed by atoms with Crippen LogP contribution in [0.4, 0.5) is 0 Å². The molecule has 0 amide bonds. The maximum absolute atomic E-state index is 12.1. The summed E-state index contributed by atoms with van der Waals surface area (Å²) in [5.74, 6) is -0.0379. The molecule has 0 radical (unpaired) electrons. The van der Waals surface area contributed by atoms with E-state index in [0.29, 0.717) is 10.6 Å². The van der Waals surface area contributed by atoms with E-state index in [0.717, 1.165) is 20.5 Å². The highest BCUT2D eigenvalue weighted by molar-refractivity contribution is 14.1. The van der Waals surface area contributed by atoms with Gasteiger partial charge in [-0.3, -0.25) is 9.89 Å². The maximum Gasteiger partial charge on any atom is 0.185 e. The normalized spacial score (nSPS) is 11.0. The number of aromatic amines is 1. The Morgan fingerprint density at radius 2 is 1.78 bits per heavy atom. The molecule has 0 aliphatic carbocycles. The lowest BCUT2D eigenvalue weighted by Crippen LogP contribution is -1.93. The Morgan fingerprint density at radius 1 is 1.09 bits per heavy atom. The molecule has 0 fully saturated rings. The highest BCUT2D eigenvalue weighted by Crippen LogP contribution is 2.20. The van der Waals surface area contributed by atoms with Gasteiger partial charge in [0, 0.05) is 19.7 Å². The monoisotopic (exact) mass is 434 g/mol. The van der Waals surface area contributed by atoms with Crippen LogP contribution < -0.4 is 0 Å². The minimum absolute atomic E-state index is 0.0379. The third kappa shape index (κ3) is 4.09. The summed E-state index contributed by atoms with van der Waals surface area (Å²) in [6.45, 7) is 0. The molecule has 0 saturated heterocycles. The fourth-order valence-corrected chi connectivity index (χ4v) is 2.55. The van der Waals surface area contributed by atoms with Gasteiger partial charge < -0.3 is 0 Å². The summed E-state index contributed by atoms with van der Waals surface area (Å²) in [4.78, 5) is 12.1. The number of carbonyl (C=O) groups is 1. The number of benzene rings is 2. The van der Waals surface area contributed by atoms with Crippen LogP contribution in [0.3, 0.4) is 0 Å². The summed E-state index contributed by atoms with van der Waals surface area (Å²) in [6.07, 6.45) is 3.27. The van der Waals surface area contributed by atoms with Crippen molar-refractivity contribution < 1.29 is 4.79 Å². The fourth-order valence-electron chi connectivity index (χ4n) is 2.07. The topological polar surface area (TPSA) is 45.8 Å². The number of halogens is 2. The zero-order chi connectivity index (χ0) is 16.2. The quantitative estimate of drug-likeness (QED) is 0.347. The SMILES string of the molecule is O=C(/C=C/c1cc(-c2ccc(Cl)cc2)n[nH]1)c1ccc(I)cc1. The molecule has 0 atom stereocenters. The van der Waals surface area contributed by atoms with E-state index >= 15 is 0 Å². The zero-order valence-electron chi connectivity index (χ0n) is 12.0. The van der Waals surface area contributed by atoms with Crippen molar-refractivity contribution in [3.8, 4) is 11.3 Å². The largest absolute Gasteiger partial charge is 0.289 e. The number of carbonyl (C=O) groups excluding carboxylic acids is 1. The van der Waals surface area contributed by atoms with Gasteiger partial charge in [-0.2, -0.15) is 5.10 Å². The van der Waals surface area contributed by atoms with Gasteiger partial charge in [0.15, 0.2) is 5.78 Å². The predicted molar refractivity (Wildman–Crippen MR) is 102 cm³/mol. The average molecular weight is 435 g/mol. The third-order valence-corrected chi connectivity index (χ3v) is 4.25. The van der Waals surface area contributed by atoms with Crippen molar-refractivity contribution in [1.82, 2.24) is 10.2 Å². The smallest absolute Gasteiger partial charge is 0.185 e. The van der Waals surface area contributed by atoms with Crippen molar-refractivity contribution >= 4 is 46.1 Å². The molecule has 0 aliphatic heterocycles. The predicted octanol–water partition coefficient (Wildman–Crippen LogP) is 5.23. The molecule has 1 aromatic heterocycles. The fraction of sp³-hybridized carbons (Fsp3) is 0. The van der Waals surface area contributed by atoms with Gasteiger partial charge in [-0.15, -0.1) is 0 Å². The molecule has 23 heavy (non-hydrogen) atoms.